The van der Waals surface area contributed by atoms with Gasteiger partial charge in [-0.25, -0.2) is 9.37 Å². The third-order valence-corrected chi connectivity index (χ3v) is 5.27. The Morgan fingerprint density at radius 1 is 0.893 bits per heavy atom. The molecule has 0 radical (unpaired) electrons. The molecule has 4 aromatic rings. The van der Waals surface area contributed by atoms with Gasteiger partial charge in [-0.2, -0.15) is 0 Å². The van der Waals surface area contributed by atoms with Gasteiger partial charge in [0.05, 0.1) is 16.3 Å². The van der Waals surface area contributed by atoms with Crippen LogP contribution in [0.25, 0.3) is 22.4 Å². The number of amides is 1. The fourth-order valence-electron chi connectivity index (χ4n) is 2.80. The second kappa shape index (κ2) is 7.92. The van der Waals surface area contributed by atoms with Crippen molar-refractivity contribution in [2.24, 2.45) is 0 Å². The summed E-state index contributed by atoms with van der Waals surface area (Å²) in [7, 11) is 0. The minimum Gasteiger partial charge on any atom is -0.298 e. The lowest BCUT2D eigenvalue weighted by molar-refractivity contribution is 0.102. The Labute approximate surface area is 170 Å². The van der Waals surface area contributed by atoms with Crippen LogP contribution in [-0.4, -0.2) is 10.9 Å². The average molecular weight is 409 g/mol. The van der Waals surface area contributed by atoms with E-state index in [0.29, 0.717) is 5.13 Å². The smallest absolute Gasteiger partial charge is 0.261 e. The van der Waals surface area contributed by atoms with Gasteiger partial charge in [0, 0.05) is 10.9 Å². The van der Waals surface area contributed by atoms with Crippen molar-refractivity contribution in [1.29, 1.82) is 0 Å². The minimum absolute atomic E-state index is 0.0609. The van der Waals surface area contributed by atoms with E-state index in [1.165, 1.54) is 29.5 Å². The van der Waals surface area contributed by atoms with E-state index in [0.717, 1.165) is 22.4 Å². The van der Waals surface area contributed by atoms with Gasteiger partial charge in [-0.3, -0.25) is 10.1 Å². The van der Waals surface area contributed by atoms with E-state index in [2.05, 4.69) is 22.4 Å². The number of rotatable bonds is 4. The number of hydrogen-bond donors (Lipinski definition) is 1. The van der Waals surface area contributed by atoms with Gasteiger partial charge in [0.1, 0.15) is 5.82 Å². The molecule has 0 aliphatic rings. The minimum atomic E-state index is -0.668. The fourth-order valence-corrected chi connectivity index (χ4v) is 3.77. The first kappa shape index (κ1) is 18.3. The molecular formula is C22H14ClFN2OS. The molecule has 3 nitrogen and oxygen atoms in total. The van der Waals surface area contributed by atoms with Crippen molar-refractivity contribution in [2.45, 2.75) is 0 Å². The first-order valence-electron chi connectivity index (χ1n) is 8.48. The number of nitrogens with one attached hydrogen (secondary N) is 1. The number of halogens is 2. The average Bonchev–Trinajstić information content (AvgIpc) is 3.17. The molecule has 6 heteroatoms. The standard InChI is InChI=1S/C22H14ClFN2OS/c23-17-7-4-8-18(24)20(17)21(27)26-22-25-19(13-28-22)16-11-9-15(10-12-16)14-5-2-1-3-6-14/h1-13H,(H,25,26,27). The van der Waals surface area contributed by atoms with Gasteiger partial charge in [0.15, 0.2) is 5.13 Å². The predicted molar refractivity (Wildman–Crippen MR) is 112 cm³/mol. The van der Waals surface area contributed by atoms with Crippen LogP contribution in [0.2, 0.25) is 5.02 Å². The summed E-state index contributed by atoms with van der Waals surface area (Å²) >= 11 is 7.21. The quantitative estimate of drug-likeness (QED) is 0.417. The van der Waals surface area contributed by atoms with Crippen molar-refractivity contribution in [2.75, 3.05) is 5.32 Å². The largest absolute Gasteiger partial charge is 0.298 e. The zero-order valence-corrected chi connectivity index (χ0v) is 16.1. The maximum absolute atomic E-state index is 13.9. The molecule has 138 valence electrons. The Balaban J connectivity index is 1.52. The number of nitrogens with zero attached hydrogens (tertiary/aromatic N) is 1. The van der Waals surface area contributed by atoms with Gasteiger partial charge in [-0.05, 0) is 23.3 Å². The monoisotopic (exact) mass is 408 g/mol. The molecule has 3 aromatic carbocycles. The zero-order chi connectivity index (χ0) is 19.5. The molecule has 0 aliphatic carbocycles. The lowest BCUT2D eigenvalue weighted by Crippen LogP contribution is -2.14. The van der Waals surface area contributed by atoms with Gasteiger partial charge in [-0.1, -0.05) is 72.3 Å². The van der Waals surface area contributed by atoms with Crippen molar-refractivity contribution in [1.82, 2.24) is 4.98 Å². The Bertz CT molecular complexity index is 1110. The predicted octanol–water partition coefficient (Wildman–Crippen LogP) is 6.52. The molecule has 0 aliphatic heterocycles. The van der Waals surface area contributed by atoms with Crippen LogP contribution in [0, 0.1) is 5.82 Å². The molecule has 1 aromatic heterocycles. The maximum Gasteiger partial charge on any atom is 0.261 e. The molecular weight excluding hydrogens is 395 g/mol. The third-order valence-electron chi connectivity index (χ3n) is 4.20. The van der Waals surface area contributed by atoms with E-state index in [4.69, 9.17) is 11.6 Å². The summed E-state index contributed by atoms with van der Waals surface area (Å²) < 4.78 is 13.9. The molecule has 0 spiro atoms. The van der Waals surface area contributed by atoms with E-state index < -0.39 is 11.7 Å². The van der Waals surface area contributed by atoms with Gasteiger partial charge < -0.3 is 0 Å². The second-order valence-electron chi connectivity index (χ2n) is 6.03. The second-order valence-corrected chi connectivity index (χ2v) is 7.30. The molecule has 1 heterocycles. The third kappa shape index (κ3) is 3.81. The highest BCUT2D eigenvalue weighted by molar-refractivity contribution is 7.14. The summed E-state index contributed by atoms with van der Waals surface area (Å²) in [5.74, 6) is -1.29. The molecule has 28 heavy (non-hydrogen) atoms. The summed E-state index contributed by atoms with van der Waals surface area (Å²) in [6.07, 6.45) is 0. The van der Waals surface area contributed by atoms with Gasteiger partial charge >= 0.3 is 0 Å². The Kier molecular flexibility index (Phi) is 5.19. The van der Waals surface area contributed by atoms with Crippen LogP contribution in [0.1, 0.15) is 10.4 Å². The summed E-state index contributed by atoms with van der Waals surface area (Å²) in [6.45, 7) is 0. The van der Waals surface area contributed by atoms with E-state index >= 15 is 0 Å². The van der Waals surface area contributed by atoms with Crippen molar-refractivity contribution < 1.29 is 9.18 Å². The van der Waals surface area contributed by atoms with Crippen LogP contribution < -0.4 is 5.32 Å². The molecule has 0 saturated carbocycles. The molecule has 0 atom stereocenters. The number of hydrogen-bond acceptors (Lipinski definition) is 3. The molecule has 0 bridgehead atoms. The number of anilines is 1. The Morgan fingerprint density at radius 3 is 2.29 bits per heavy atom. The van der Waals surface area contributed by atoms with E-state index in [1.807, 2.05) is 47.8 Å². The van der Waals surface area contributed by atoms with Gasteiger partial charge in [0.25, 0.3) is 5.91 Å². The highest BCUT2D eigenvalue weighted by Crippen LogP contribution is 2.28. The maximum atomic E-state index is 13.9. The SMILES string of the molecule is O=C(Nc1nc(-c2ccc(-c3ccccc3)cc2)cs1)c1c(F)cccc1Cl. The molecule has 0 saturated heterocycles. The Morgan fingerprint density at radius 2 is 1.57 bits per heavy atom. The van der Waals surface area contributed by atoms with Gasteiger partial charge in [0.2, 0.25) is 0 Å². The highest BCUT2D eigenvalue weighted by Gasteiger charge is 2.17. The zero-order valence-electron chi connectivity index (χ0n) is 14.5. The lowest BCUT2D eigenvalue weighted by atomic mass is 10.0. The van der Waals surface area contributed by atoms with Crippen LogP contribution in [0.5, 0.6) is 0 Å². The first-order chi connectivity index (χ1) is 13.6. The fraction of sp³-hybridized carbons (Fsp3) is 0. The molecule has 1 amide bonds. The van der Waals surface area contributed by atoms with E-state index in [9.17, 15) is 9.18 Å². The summed E-state index contributed by atoms with van der Waals surface area (Å²) in [4.78, 5) is 16.8. The summed E-state index contributed by atoms with van der Waals surface area (Å²) in [5.41, 5.74) is 3.73. The number of benzene rings is 3. The van der Waals surface area contributed by atoms with Crippen molar-refractivity contribution >= 4 is 34.0 Å². The van der Waals surface area contributed by atoms with Crippen LogP contribution in [0.15, 0.2) is 78.2 Å². The van der Waals surface area contributed by atoms with Crippen LogP contribution in [0.4, 0.5) is 9.52 Å². The number of carbonyl (C=O) groups excluding carboxylic acids is 1. The van der Waals surface area contributed by atoms with Gasteiger partial charge in [-0.15, -0.1) is 11.3 Å². The lowest BCUT2D eigenvalue weighted by Gasteiger charge is -2.05. The molecule has 4 rings (SSSR count). The summed E-state index contributed by atoms with van der Waals surface area (Å²) in [5, 5.41) is 4.90. The molecule has 0 fully saturated rings. The molecule has 1 N–H and O–H groups in total. The van der Waals surface area contributed by atoms with E-state index in [1.54, 1.807) is 0 Å². The number of thiazole rings is 1. The number of carbonyl (C=O) groups is 1. The van der Waals surface area contributed by atoms with E-state index in [-0.39, 0.29) is 10.6 Å². The Hall–Kier alpha value is -3.02. The number of aromatic nitrogens is 1. The summed E-state index contributed by atoms with van der Waals surface area (Å²) in [6, 6.07) is 22.2. The normalized spacial score (nSPS) is 10.6. The van der Waals surface area contributed by atoms with Crippen molar-refractivity contribution in [3.8, 4) is 22.4 Å². The van der Waals surface area contributed by atoms with Crippen LogP contribution in [-0.2, 0) is 0 Å². The van der Waals surface area contributed by atoms with Crippen LogP contribution >= 0.6 is 22.9 Å². The van der Waals surface area contributed by atoms with Crippen LogP contribution in [0.3, 0.4) is 0 Å². The topological polar surface area (TPSA) is 42.0 Å². The van der Waals surface area contributed by atoms with Crippen molar-refractivity contribution in [3.05, 3.63) is 94.6 Å². The molecule has 0 unspecified atom stereocenters. The van der Waals surface area contributed by atoms with Crippen molar-refractivity contribution in [3.63, 3.8) is 0 Å². The first-order valence-corrected chi connectivity index (χ1v) is 9.74. The highest BCUT2D eigenvalue weighted by atomic mass is 35.5.